The Labute approximate surface area is 276 Å². The molecule has 0 saturated carbocycles. The van der Waals surface area contributed by atoms with E-state index in [1.54, 1.807) is 41.5 Å². The lowest BCUT2D eigenvalue weighted by Gasteiger charge is -2.29. The number of carbonyl (C=O) groups excluding carboxylic acids is 3. The summed E-state index contributed by atoms with van der Waals surface area (Å²) in [5, 5.41) is 28.9. The highest BCUT2D eigenvalue weighted by molar-refractivity contribution is 7.48. The first-order valence-electron chi connectivity index (χ1n) is 14.6. The van der Waals surface area contributed by atoms with Gasteiger partial charge in [0.05, 0.1) is 18.4 Å². The molecule has 0 saturated heterocycles. The van der Waals surface area contributed by atoms with E-state index >= 15 is 0 Å². The van der Waals surface area contributed by atoms with Gasteiger partial charge in [-0.15, -0.1) is 0 Å². The molecule has 0 aliphatic heterocycles. The van der Waals surface area contributed by atoms with Crippen molar-refractivity contribution in [2.45, 2.75) is 79.7 Å². The summed E-state index contributed by atoms with van der Waals surface area (Å²) in [4.78, 5) is 57.6. The number of esters is 3. The van der Waals surface area contributed by atoms with Crippen molar-refractivity contribution in [3.8, 4) is 0 Å². The third-order valence-corrected chi connectivity index (χ3v) is 7.30. The van der Waals surface area contributed by atoms with Crippen LogP contribution in [0.2, 0.25) is 0 Å². The third-order valence-electron chi connectivity index (χ3n) is 6.01. The molecular formula is C28H47FN3O15P. The van der Waals surface area contributed by atoms with Crippen LogP contribution in [0.25, 0.3) is 0 Å². The van der Waals surface area contributed by atoms with Crippen LogP contribution >= 0.6 is 7.82 Å². The number of nitrogens with two attached hydrogens (primary N) is 1. The highest BCUT2D eigenvalue weighted by Crippen LogP contribution is 2.50. The van der Waals surface area contributed by atoms with Crippen molar-refractivity contribution in [1.29, 1.82) is 0 Å². The zero-order chi connectivity index (χ0) is 37.2. The minimum atomic E-state index is -4.58. The van der Waals surface area contributed by atoms with Crippen molar-refractivity contribution in [3.05, 3.63) is 45.3 Å². The second-order valence-electron chi connectivity index (χ2n) is 11.0. The van der Waals surface area contributed by atoms with Crippen LogP contribution in [0.15, 0.2) is 34.0 Å². The summed E-state index contributed by atoms with van der Waals surface area (Å²) < 4.78 is 56.3. The van der Waals surface area contributed by atoms with Crippen molar-refractivity contribution < 1.29 is 66.4 Å². The maximum Gasteiger partial charge on any atom is 0.480 e. The summed E-state index contributed by atoms with van der Waals surface area (Å²) in [5.74, 6) is -3.10. The number of alkyl halides is 1. The van der Waals surface area contributed by atoms with Gasteiger partial charge in [-0.3, -0.25) is 28.3 Å². The van der Waals surface area contributed by atoms with Gasteiger partial charge in [-0.05, 0) is 12.8 Å². The highest BCUT2D eigenvalue weighted by atomic mass is 31.2. The Morgan fingerprint density at radius 2 is 1.50 bits per heavy atom. The van der Waals surface area contributed by atoms with Crippen LogP contribution in [0, 0.1) is 17.8 Å². The molecule has 0 radical (unpaired) electrons. The van der Waals surface area contributed by atoms with Gasteiger partial charge in [0.1, 0.15) is 31.2 Å². The SMILES string of the molecule is CC(C)C(N)C(=O)OCn1c(=O)ccn(CO)c1=O.CC=C[C@H](O)[C@@](O)(CF)COP(=O)(OCOC(=O)C(C)C)OCOC(=O)C(C)C. The molecule has 1 unspecified atom stereocenters. The molecule has 0 bridgehead atoms. The molecule has 5 N–H and O–H groups in total. The zero-order valence-electron chi connectivity index (χ0n) is 28.0. The Kier molecular flexibility index (Phi) is 20.2. The number of aliphatic hydroxyl groups is 3. The number of hydrogen-bond acceptors (Lipinski definition) is 16. The summed E-state index contributed by atoms with van der Waals surface area (Å²) in [6.45, 7) is 6.06. The standard InChI is InChI=1S/C17H30FO10P.C11H17N3O5/c1-6-7-14(19)17(22,8-18)9-26-29(23,27-10-24-15(20)12(2)3)28-11-25-16(21)13(4)5;1-7(2)9(12)10(17)19-6-14-8(16)3-4-13(5-15)11(14)18/h6-7,12-14,19,22H,8-11H2,1-5H3;3-4,7,9,15H,5-6,12H2,1-2H3/t14-,17+;/m0./s1. The number of hydrogen-bond donors (Lipinski definition) is 4. The van der Waals surface area contributed by atoms with Gasteiger partial charge in [0.25, 0.3) is 5.56 Å². The number of allylic oxidation sites excluding steroid dienone is 1. The van der Waals surface area contributed by atoms with E-state index in [2.05, 4.69) is 0 Å². The summed E-state index contributed by atoms with van der Waals surface area (Å²) in [7, 11) is -4.58. The number of aliphatic hydroxyl groups excluding tert-OH is 2. The Morgan fingerprint density at radius 3 is 1.92 bits per heavy atom. The second-order valence-corrected chi connectivity index (χ2v) is 12.7. The van der Waals surface area contributed by atoms with Crippen LogP contribution in [0.5, 0.6) is 0 Å². The average molecular weight is 716 g/mol. The van der Waals surface area contributed by atoms with Gasteiger partial charge < -0.3 is 35.3 Å². The van der Waals surface area contributed by atoms with E-state index in [1.165, 1.54) is 13.0 Å². The lowest BCUT2D eigenvalue weighted by molar-refractivity contribution is -0.159. The maximum absolute atomic E-state index is 13.3. The monoisotopic (exact) mass is 715 g/mol. The molecule has 0 fully saturated rings. The van der Waals surface area contributed by atoms with Crippen LogP contribution in [0.1, 0.15) is 48.5 Å². The molecule has 1 aromatic rings. The van der Waals surface area contributed by atoms with Gasteiger partial charge in [-0.25, -0.2) is 27.4 Å². The molecule has 18 nitrogen and oxygen atoms in total. The molecule has 1 aromatic heterocycles. The van der Waals surface area contributed by atoms with Crippen molar-refractivity contribution in [2.24, 2.45) is 23.5 Å². The molecule has 0 aliphatic rings. The van der Waals surface area contributed by atoms with Gasteiger partial charge >= 0.3 is 31.4 Å². The van der Waals surface area contributed by atoms with Crippen molar-refractivity contribution in [1.82, 2.24) is 9.13 Å². The fourth-order valence-corrected chi connectivity index (χ4v) is 3.75. The Morgan fingerprint density at radius 1 is 0.979 bits per heavy atom. The molecule has 0 aliphatic carbocycles. The number of phosphoric acid groups is 1. The number of nitrogens with zero attached hydrogens (tertiary/aromatic N) is 2. The molecule has 0 amide bonds. The Hall–Kier alpha value is -3.29. The molecule has 1 rings (SSSR count). The normalized spacial score (nSPS) is 14.3. The van der Waals surface area contributed by atoms with E-state index in [0.717, 1.165) is 22.9 Å². The summed E-state index contributed by atoms with van der Waals surface area (Å²) in [6.07, 6.45) is 1.95. The van der Waals surface area contributed by atoms with E-state index in [9.17, 15) is 43.1 Å². The molecule has 20 heteroatoms. The maximum atomic E-state index is 13.3. The van der Waals surface area contributed by atoms with Gasteiger partial charge in [0.15, 0.2) is 6.73 Å². The number of ether oxygens (including phenoxy) is 3. The largest absolute Gasteiger partial charge is 0.480 e. The minimum absolute atomic E-state index is 0.117. The molecular weight excluding hydrogens is 668 g/mol. The molecule has 3 atom stereocenters. The quantitative estimate of drug-likeness (QED) is 0.0501. The van der Waals surface area contributed by atoms with Gasteiger partial charge in [-0.2, -0.15) is 0 Å². The first kappa shape index (κ1) is 44.7. The van der Waals surface area contributed by atoms with E-state index in [1.807, 2.05) is 0 Å². The topological polar surface area (TPSA) is 254 Å². The number of carbonyl (C=O) groups is 3. The minimum Gasteiger partial charge on any atom is -0.442 e. The third kappa shape index (κ3) is 15.3. The molecule has 276 valence electrons. The Balaban J connectivity index is 0.00000100. The van der Waals surface area contributed by atoms with Gasteiger partial charge in [-0.1, -0.05) is 53.7 Å². The van der Waals surface area contributed by atoms with E-state index in [4.69, 9.17) is 38.6 Å². The zero-order valence-corrected chi connectivity index (χ0v) is 28.9. The van der Waals surface area contributed by atoms with Crippen molar-refractivity contribution >= 4 is 25.7 Å². The van der Waals surface area contributed by atoms with Crippen LogP contribution in [0.4, 0.5) is 4.39 Å². The number of phosphoric ester groups is 1. The van der Waals surface area contributed by atoms with Crippen LogP contribution < -0.4 is 17.0 Å². The number of aromatic nitrogens is 2. The second kappa shape index (κ2) is 21.6. The molecule has 0 aromatic carbocycles. The fourth-order valence-electron chi connectivity index (χ4n) is 2.78. The summed E-state index contributed by atoms with van der Waals surface area (Å²) in [6, 6.07) is 0.271. The van der Waals surface area contributed by atoms with E-state index < -0.39 is 107 Å². The molecule has 0 spiro atoms. The summed E-state index contributed by atoms with van der Waals surface area (Å²) >= 11 is 0. The highest BCUT2D eigenvalue weighted by Gasteiger charge is 2.40. The van der Waals surface area contributed by atoms with Crippen LogP contribution in [-0.4, -0.2) is 87.0 Å². The number of rotatable bonds is 19. The lowest BCUT2D eigenvalue weighted by Crippen LogP contribution is -2.47. The first-order valence-corrected chi connectivity index (χ1v) is 16.0. The molecule has 1 heterocycles. The van der Waals surface area contributed by atoms with Crippen molar-refractivity contribution in [2.75, 3.05) is 26.9 Å². The lowest BCUT2D eigenvalue weighted by atomic mass is 9.99. The van der Waals surface area contributed by atoms with Crippen LogP contribution in [0.3, 0.4) is 0 Å². The Bertz CT molecular complexity index is 1330. The van der Waals surface area contributed by atoms with Crippen molar-refractivity contribution in [3.63, 3.8) is 0 Å². The van der Waals surface area contributed by atoms with Crippen LogP contribution in [-0.2, 0) is 60.2 Å². The number of halogens is 1. The van der Waals surface area contributed by atoms with Gasteiger partial charge in [0.2, 0.25) is 13.6 Å². The van der Waals surface area contributed by atoms with E-state index in [0.29, 0.717) is 4.57 Å². The van der Waals surface area contributed by atoms with E-state index in [-0.39, 0.29) is 5.92 Å². The predicted octanol–water partition coefficient (Wildman–Crippen LogP) is 0.539. The first-order chi connectivity index (χ1) is 22.3. The van der Waals surface area contributed by atoms with Gasteiger partial charge in [0, 0.05) is 12.3 Å². The summed E-state index contributed by atoms with van der Waals surface area (Å²) in [5.41, 5.74) is 1.74. The fraction of sp³-hybridized carbons (Fsp3) is 0.679. The average Bonchev–Trinajstić information content (AvgIpc) is 3.03. The predicted molar refractivity (Wildman–Crippen MR) is 165 cm³/mol. The molecule has 48 heavy (non-hydrogen) atoms. The smallest absolute Gasteiger partial charge is 0.442 e.